The van der Waals surface area contributed by atoms with Crippen molar-refractivity contribution in [1.82, 2.24) is 0 Å². The first-order valence-corrected chi connectivity index (χ1v) is 6.00. The van der Waals surface area contributed by atoms with Gasteiger partial charge in [-0.15, -0.1) is 0 Å². The topological polar surface area (TPSA) is 88.5 Å². The summed E-state index contributed by atoms with van der Waals surface area (Å²) in [7, 11) is -4.10. The minimum absolute atomic E-state index is 0.334. The molecule has 0 saturated carbocycles. The molecule has 1 N–H and O–H groups in total. The standard InChI is InChI=1S/C9H6F2O5S/c1-17(15,16)6-3-4(10)2-5(7(6)11)8(12)9(13)14/h2-3H,1H3,(H,13,14). The molecule has 0 aliphatic heterocycles. The van der Waals surface area contributed by atoms with Crippen molar-refractivity contribution in [2.24, 2.45) is 0 Å². The number of benzene rings is 1. The molecule has 0 fully saturated rings. The molecule has 5 nitrogen and oxygen atoms in total. The van der Waals surface area contributed by atoms with E-state index in [1.807, 2.05) is 0 Å². The number of carbonyl (C=O) groups excluding carboxylic acids is 1. The first kappa shape index (κ1) is 13.2. The highest BCUT2D eigenvalue weighted by Crippen LogP contribution is 2.20. The van der Waals surface area contributed by atoms with Gasteiger partial charge >= 0.3 is 5.97 Å². The number of rotatable bonds is 3. The largest absolute Gasteiger partial charge is 0.475 e. The zero-order chi connectivity index (χ0) is 13.4. The van der Waals surface area contributed by atoms with E-state index in [0.29, 0.717) is 18.4 Å². The Kier molecular flexibility index (Phi) is 3.28. The van der Waals surface area contributed by atoms with E-state index >= 15 is 0 Å². The molecule has 92 valence electrons. The van der Waals surface area contributed by atoms with Crippen molar-refractivity contribution < 1.29 is 31.9 Å². The molecule has 0 heterocycles. The van der Waals surface area contributed by atoms with Crippen LogP contribution in [-0.2, 0) is 14.6 Å². The van der Waals surface area contributed by atoms with Crippen LogP contribution < -0.4 is 0 Å². The quantitative estimate of drug-likeness (QED) is 0.639. The van der Waals surface area contributed by atoms with Crippen molar-refractivity contribution in [2.75, 3.05) is 6.26 Å². The number of hydrogen-bond donors (Lipinski definition) is 1. The molecule has 0 aliphatic rings. The molecule has 0 radical (unpaired) electrons. The number of Topliss-reactive ketones (excluding diaryl/α,β-unsaturated/α-hetero) is 1. The summed E-state index contributed by atoms with van der Waals surface area (Å²) in [5.41, 5.74) is -1.13. The van der Waals surface area contributed by atoms with Gasteiger partial charge in [-0.2, -0.15) is 0 Å². The predicted octanol–water partition coefficient (Wildman–Crippen LogP) is 0.636. The third-order valence-electron chi connectivity index (χ3n) is 1.84. The number of hydrogen-bond acceptors (Lipinski definition) is 4. The number of ketones is 1. The fourth-order valence-corrected chi connectivity index (χ4v) is 1.88. The Bertz CT molecular complexity index is 606. The highest BCUT2D eigenvalue weighted by atomic mass is 32.2. The lowest BCUT2D eigenvalue weighted by atomic mass is 10.1. The highest BCUT2D eigenvalue weighted by Gasteiger charge is 2.26. The number of sulfone groups is 1. The van der Waals surface area contributed by atoms with E-state index in [2.05, 4.69) is 0 Å². The first-order chi connectivity index (χ1) is 7.64. The Hall–Kier alpha value is -1.83. The predicted molar refractivity (Wildman–Crippen MR) is 51.4 cm³/mol. The van der Waals surface area contributed by atoms with Gasteiger partial charge in [-0.1, -0.05) is 0 Å². The molecule has 1 aromatic carbocycles. The molecule has 0 amide bonds. The zero-order valence-corrected chi connectivity index (χ0v) is 9.22. The summed E-state index contributed by atoms with van der Waals surface area (Å²) >= 11 is 0. The van der Waals surface area contributed by atoms with Crippen LogP contribution in [0.3, 0.4) is 0 Å². The van der Waals surface area contributed by atoms with Gasteiger partial charge in [0.25, 0.3) is 5.78 Å². The highest BCUT2D eigenvalue weighted by molar-refractivity contribution is 7.90. The second kappa shape index (κ2) is 4.21. The van der Waals surface area contributed by atoms with Crippen molar-refractivity contribution in [3.8, 4) is 0 Å². The van der Waals surface area contributed by atoms with Gasteiger partial charge in [0.2, 0.25) is 0 Å². The van der Waals surface area contributed by atoms with Crippen LogP contribution in [0.25, 0.3) is 0 Å². The maximum atomic E-state index is 13.5. The van der Waals surface area contributed by atoms with E-state index < -0.39 is 43.7 Å². The minimum Gasteiger partial charge on any atom is -0.475 e. The van der Waals surface area contributed by atoms with Gasteiger partial charge in [0, 0.05) is 6.26 Å². The Morgan fingerprint density at radius 3 is 2.18 bits per heavy atom. The molecule has 0 aliphatic carbocycles. The van der Waals surface area contributed by atoms with Gasteiger partial charge < -0.3 is 5.11 Å². The maximum Gasteiger partial charge on any atom is 0.377 e. The van der Waals surface area contributed by atoms with Crippen molar-refractivity contribution in [3.63, 3.8) is 0 Å². The Morgan fingerprint density at radius 1 is 1.24 bits per heavy atom. The zero-order valence-electron chi connectivity index (χ0n) is 8.40. The number of carbonyl (C=O) groups is 2. The normalized spacial score (nSPS) is 11.2. The van der Waals surface area contributed by atoms with Gasteiger partial charge in [-0.25, -0.2) is 22.0 Å². The molecule has 8 heteroatoms. The van der Waals surface area contributed by atoms with Crippen molar-refractivity contribution >= 4 is 21.6 Å². The molecule has 0 aromatic heterocycles. The molecule has 0 atom stereocenters. The molecule has 1 aromatic rings. The van der Waals surface area contributed by atoms with E-state index in [1.165, 1.54) is 0 Å². The summed E-state index contributed by atoms with van der Waals surface area (Å²) in [6, 6.07) is 0.712. The van der Waals surface area contributed by atoms with Gasteiger partial charge in [0.05, 0.1) is 5.56 Å². The summed E-state index contributed by atoms with van der Waals surface area (Å²) in [5.74, 6) is -6.50. The van der Waals surface area contributed by atoms with Crippen molar-refractivity contribution in [1.29, 1.82) is 0 Å². The van der Waals surface area contributed by atoms with Crippen LogP contribution in [0.1, 0.15) is 10.4 Å². The Labute approximate surface area is 94.6 Å². The smallest absolute Gasteiger partial charge is 0.377 e. The number of carboxylic acid groups (broad SMARTS) is 1. The molecular weight excluding hydrogens is 258 g/mol. The summed E-state index contributed by atoms with van der Waals surface area (Å²) < 4.78 is 48.7. The number of halogens is 2. The molecule has 0 spiro atoms. The van der Waals surface area contributed by atoms with E-state index in [1.54, 1.807) is 0 Å². The summed E-state index contributed by atoms with van der Waals surface area (Å²) in [6.07, 6.45) is 0.611. The lowest BCUT2D eigenvalue weighted by molar-refractivity contribution is -0.131. The fraction of sp³-hybridized carbons (Fsp3) is 0.111. The van der Waals surface area contributed by atoms with Crippen LogP contribution in [0.15, 0.2) is 17.0 Å². The third kappa shape index (κ3) is 2.64. The summed E-state index contributed by atoms with van der Waals surface area (Å²) in [5, 5.41) is 8.36. The lowest BCUT2D eigenvalue weighted by Crippen LogP contribution is -2.17. The van der Waals surface area contributed by atoms with Crippen LogP contribution in [-0.4, -0.2) is 31.5 Å². The van der Waals surface area contributed by atoms with Gasteiger partial charge in [-0.3, -0.25) is 4.79 Å². The van der Waals surface area contributed by atoms with Crippen molar-refractivity contribution in [3.05, 3.63) is 29.3 Å². The number of aliphatic carboxylic acids is 1. The Morgan fingerprint density at radius 2 is 1.76 bits per heavy atom. The van der Waals surface area contributed by atoms with E-state index in [-0.39, 0.29) is 0 Å². The molecule has 1 rings (SSSR count). The third-order valence-corrected chi connectivity index (χ3v) is 2.94. The summed E-state index contributed by atoms with van der Waals surface area (Å²) in [4.78, 5) is 20.3. The molecule has 0 bridgehead atoms. The number of carboxylic acids is 1. The second-order valence-corrected chi connectivity index (χ2v) is 5.16. The second-order valence-electron chi connectivity index (χ2n) is 3.17. The van der Waals surface area contributed by atoms with Crippen molar-refractivity contribution in [2.45, 2.75) is 4.90 Å². The monoisotopic (exact) mass is 264 g/mol. The van der Waals surface area contributed by atoms with Gasteiger partial charge in [-0.05, 0) is 12.1 Å². The Balaban J connectivity index is 3.61. The first-order valence-electron chi connectivity index (χ1n) is 4.11. The molecule has 17 heavy (non-hydrogen) atoms. The summed E-state index contributed by atoms with van der Waals surface area (Å²) in [6.45, 7) is 0. The molecular formula is C9H6F2O5S. The molecule has 0 saturated heterocycles. The van der Waals surface area contributed by atoms with Gasteiger partial charge in [0.15, 0.2) is 15.7 Å². The lowest BCUT2D eigenvalue weighted by Gasteiger charge is -2.05. The van der Waals surface area contributed by atoms with Crippen LogP contribution in [0.5, 0.6) is 0 Å². The van der Waals surface area contributed by atoms with Crippen LogP contribution in [0, 0.1) is 11.6 Å². The minimum atomic E-state index is -4.10. The average Bonchev–Trinajstić information content (AvgIpc) is 2.18. The van der Waals surface area contributed by atoms with E-state index in [0.717, 1.165) is 0 Å². The van der Waals surface area contributed by atoms with Crippen LogP contribution >= 0.6 is 0 Å². The molecule has 0 unspecified atom stereocenters. The SMILES string of the molecule is CS(=O)(=O)c1cc(F)cc(C(=O)C(=O)O)c1F. The van der Waals surface area contributed by atoms with Gasteiger partial charge in [0.1, 0.15) is 10.7 Å². The van der Waals surface area contributed by atoms with E-state index in [9.17, 15) is 26.8 Å². The van der Waals surface area contributed by atoms with Crippen LogP contribution in [0.2, 0.25) is 0 Å². The van der Waals surface area contributed by atoms with E-state index in [4.69, 9.17) is 5.11 Å². The average molecular weight is 264 g/mol. The van der Waals surface area contributed by atoms with Crippen LogP contribution in [0.4, 0.5) is 8.78 Å². The fourth-order valence-electron chi connectivity index (χ4n) is 1.11. The maximum absolute atomic E-state index is 13.5.